The first-order valence-electron chi connectivity index (χ1n) is 13.5. The maximum Gasteiger partial charge on any atom is 0.387 e. The lowest BCUT2D eigenvalue weighted by atomic mass is 10.0. The average molecular weight is 711 g/mol. The van der Waals surface area contributed by atoms with Gasteiger partial charge in [0.05, 0.1) is 17.9 Å². The third-order valence-electron chi connectivity index (χ3n) is 6.62. The number of hydrogen-bond acceptors (Lipinski definition) is 8. The summed E-state index contributed by atoms with van der Waals surface area (Å²) < 4.78 is 70.0. The van der Waals surface area contributed by atoms with E-state index in [4.69, 9.17) is 32.7 Å². The van der Waals surface area contributed by atoms with Gasteiger partial charge in [0.15, 0.2) is 23.9 Å². The Morgan fingerprint density at radius 1 is 1.09 bits per heavy atom. The van der Waals surface area contributed by atoms with Gasteiger partial charge in [0.1, 0.15) is 16.1 Å². The number of carbonyl (C=O) groups is 1. The Morgan fingerprint density at radius 3 is 2.31 bits per heavy atom. The number of alkyl halides is 2. The molecular weight excluding hydrogens is 679 g/mol. The summed E-state index contributed by atoms with van der Waals surface area (Å²) in [6.07, 6.45) is 2.99. The molecule has 1 fully saturated rings. The van der Waals surface area contributed by atoms with Gasteiger partial charge in [0.25, 0.3) is 0 Å². The van der Waals surface area contributed by atoms with Crippen molar-refractivity contribution >= 4 is 57.3 Å². The van der Waals surface area contributed by atoms with Gasteiger partial charge in [0, 0.05) is 24.2 Å². The number of hydrogen-bond donors (Lipinski definition) is 1. The highest BCUT2D eigenvalue weighted by Gasteiger charge is 2.27. The van der Waals surface area contributed by atoms with Crippen LogP contribution in [0, 0.1) is 11.1 Å². The zero-order chi connectivity index (χ0) is 32.0. The second kappa shape index (κ2) is 15.9. The van der Waals surface area contributed by atoms with Crippen molar-refractivity contribution in [1.82, 2.24) is 4.90 Å². The topological polar surface area (TPSA) is 121 Å². The third kappa shape index (κ3) is 11.0. The van der Waals surface area contributed by atoms with Gasteiger partial charge in [0.2, 0.25) is 10.0 Å². The molecule has 2 aromatic carbocycles. The first-order valence-corrected chi connectivity index (χ1v) is 15.9. The lowest BCUT2D eigenvalue weighted by Gasteiger charge is -2.21. The first-order chi connectivity index (χ1) is 20.8. The Kier molecular flexibility index (Phi) is 12.9. The molecule has 16 heteroatoms. The number of nitrogens with zero attached hydrogens (tertiary/aromatic N) is 2. The predicted molar refractivity (Wildman–Crippen MR) is 168 cm³/mol. The van der Waals surface area contributed by atoms with Gasteiger partial charge in [-0.05, 0) is 74.8 Å². The maximum absolute atomic E-state index is 13.3. The molecule has 1 aliphatic rings. The van der Waals surface area contributed by atoms with E-state index in [0.717, 1.165) is 25.2 Å². The molecule has 10 nitrogen and oxygen atoms in total. The highest BCUT2D eigenvalue weighted by Crippen LogP contribution is 2.38. The average Bonchev–Trinajstić information content (AvgIpc) is 3.77. The number of sulfonamides is 1. The van der Waals surface area contributed by atoms with Crippen LogP contribution in [0.4, 0.5) is 14.5 Å². The monoisotopic (exact) mass is 709 g/mol. The van der Waals surface area contributed by atoms with Gasteiger partial charge >= 0.3 is 12.6 Å². The minimum atomic E-state index is -3.61. The summed E-state index contributed by atoms with van der Waals surface area (Å²) in [5.41, 5.74) is 1.05. The van der Waals surface area contributed by atoms with E-state index in [0.29, 0.717) is 34.9 Å². The number of aromatic nitrogens is 1. The molecule has 0 saturated heterocycles. The highest BCUT2D eigenvalue weighted by molar-refractivity contribution is 7.92. The molecule has 0 amide bonds. The highest BCUT2D eigenvalue weighted by atomic mass is 35.5. The van der Waals surface area contributed by atoms with Crippen LogP contribution in [0.2, 0.25) is 10.0 Å². The largest absolute Gasteiger partial charge is 0.619 e. The fourth-order valence-corrected chi connectivity index (χ4v) is 5.87. The van der Waals surface area contributed by atoms with Gasteiger partial charge in [-0.15, -0.1) is 12.4 Å². The fraction of sp³-hybridized carbons (Fsp3) is 0.379. The summed E-state index contributed by atoms with van der Waals surface area (Å²) in [6, 6.07) is 9.84. The van der Waals surface area contributed by atoms with Gasteiger partial charge in [-0.25, -0.2) is 13.2 Å². The SMILES string of the molecule is CN(C)CCS(=O)(=O)Nc1ccc(C(=O)O[C@@H](Cc2c(Cl)c[n+]([O-])cc2Cl)c2ccc(OC(F)F)c(OCC3CC3)c2)cc1.Cl. The normalized spacial score (nSPS) is 13.7. The fourth-order valence-electron chi connectivity index (χ4n) is 4.07. The van der Waals surface area contributed by atoms with Crippen LogP contribution in [-0.4, -0.2) is 58.9 Å². The minimum absolute atomic E-state index is 0. The van der Waals surface area contributed by atoms with Gasteiger partial charge in [-0.1, -0.05) is 29.3 Å². The van der Waals surface area contributed by atoms with E-state index in [1.807, 2.05) is 0 Å². The Morgan fingerprint density at radius 2 is 1.73 bits per heavy atom. The van der Waals surface area contributed by atoms with Crippen LogP contribution in [-0.2, 0) is 21.2 Å². The number of esters is 1. The number of carbonyl (C=O) groups excluding carboxylic acids is 1. The molecule has 0 aliphatic heterocycles. The molecule has 0 bridgehead atoms. The maximum atomic E-state index is 13.3. The Hall–Kier alpha value is -3.10. The van der Waals surface area contributed by atoms with Crippen LogP contribution >= 0.6 is 35.6 Å². The van der Waals surface area contributed by atoms with Crippen LogP contribution < -0.4 is 18.9 Å². The predicted octanol–water partition coefficient (Wildman–Crippen LogP) is 5.88. The van der Waals surface area contributed by atoms with Crippen molar-refractivity contribution in [2.75, 3.05) is 37.7 Å². The summed E-state index contributed by atoms with van der Waals surface area (Å²) >= 11 is 12.6. The Labute approximate surface area is 276 Å². The van der Waals surface area contributed by atoms with E-state index in [-0.39, 0.29) is 57.4 Å². The van der Waals surface area contributed by atoms with E-state index in [1.54, 1.807) is 19.0 Å². The Bertz CT molecular complexity index is 1550. The lowest BCUT2D eigenvalue weighted by molar-refractivity contribution is -0.605. The molecule has 4 rings (SSSR count). The van der Waals surface area contributed by atoms with Crippen molar-refractivity contribution in [3.8, 4) is 11.5 Å². The first kappa shape index (κ1) is 36.4. The molecule has 246 valence electrons. The van der Waals surface area contributed by atoms with Crippen LogP contribution in [0.5, 0.6) is 11.5 Å². The van der Waals surface area contributed by atoms with Crippen molar-refractivity contribution in [3.63, 3.8) is 0 Å². The smallest absolute Gasteiger partial charge is 0.387 e. The summed E-state index contributed by atoms with van der Waals surface area (Å²) in [7, 11) is -0.0904. The number of pyridine rings is 1. The molecule has 1 atom stereocenters. The number of ether oxygens (including phenoxy) is 3. The summed E-state index contributed by atoms with van der Waals surface area (Å²) in [5.74, 6) is -0.707. The zero-order valence-electron chi connectivity index (χ0n) is 24.3. The van der Waals surface area contributed by atoms with Gasteiger partial charge in [-0.2, -0.15) is 13.5 Å². The lowest BCUT2D eigenvalue weighted by Crippen LogP contribution is -2.26. The van der Waals surface area contributed by atoms with E-state index in [9.17, 15) is 27.2 Å². The summed E-state index contributed by atoms with van der Waals surface area (Å²) in [4.78, 5) is 15.0. The van der Waals surface area contributed by atoms with E-state index < -0.39 is 28.7 Å². The number of halogens is 5. The van der Waals surface area contributed by atoms with Crippen molar-refractivity contribution in [3.05, 3.63) is 86.8 Å². The molecule has 1 aromatic heterocycles. The van der Waals surface area contributed by atoms with Crippen molar-refractivity contribution in [2.24, 2.45) is 5.92 Å². The number of anilines is 1. The molecule has 1 heterocycles. The molecule has 45 heavy (non-hydrogen) atoms. The van der Waals surface area contributed by atoms with Crippen molar-refractivity contribution in [2.45, 2.75) is 32.0 Å². The van der Waals surface area contributed by atoms with E-state index in [2.05, 4.69) is 9.46 Å². The molecule has 1 saturated carbocycles. The zero-order valence-corrected chi connectivity index (χ0v) is 27.4. The molecule has 3 aromatic rings. The van der Waals surface area contributed by atoms with Crippen LogP contribution in [0.3, 0.4) is 0 Å². The van der Waals surface area contributed by atoms with Gasteiger partial charge < -0.3 is 24.3 Å². The van der Waals surface area contributed by atoms with Gasteiger partial charge in [-0.3, -0.25) is 4.72 Å². The number of rotatable bonds is 15. The standard InChI is InChI=1S/C29H31Cl2F2N3O7S.ClH/c1-35(2)11-12-44(39,40)34-21-8-5-19(6-9-21)28(37)42-26(14-22-23(30)15-36(38)16-24(22)31)20-7-10-25(43-29(32)33)27(13-20)41-17-18-3-4-18;/h5-10,13,15-16,18,26,29,34H,3-4,11-12,14,17H2,1-2H3;1H/t26-;/m0./s1. The molecule has 0 radical (unpaired) electrons. The minimum Gasteiger partial charge on any atom is -0.619 e. The molecule has 1 N–H and O–H groups in total. The van der Waals surface area contributed by atoms with Crippen molar-refractivity contribution in [1.29, 1.82) is 0 Å². The summed E-state index contributed by atoms with van der Waals surface area (Å²) in [5, 5.41) is 11.9. The van der Waals surface area contributed by atoms with Crippen LogP contribution in [0.25, 0.3) is 0 Å². The van der Waals surface area contributed by atoms with Crippen LogP contribution in [0.1, 0.15) is 40.4 Å². The molecule has 0 unspecified atom stereocenters. The van der Waals surface area contributed by atoms with E-state index in [1.165, 1.54) is 42.5 Å². The van der Waals surface area contributed by atoms with Crippen LogP contribution in [0.15, 0.2) is 54.9 Å². The second-order valence-electron chi connectivity index (χ2n) is 10.5. The van der Waals surface area contributed by atoms with E-state index >= 15 is 0 Å². The molecule has 0 spiro atoms. The molecular formula is C29H32Cl3F2N3O7S. The summed E-state index contributed by atoms with van der Waals surface area (Å²) in [6.45, 7) is -2.45. The number of benzene rings is 2. The second-order valence-corrected chi connectivity index (χ2v) is 13.2. The van der Waals surface area contributed by atoms with Crippen molar-refractivity contribution < 1.29 is 40.9 Å². The molecule has 1 aliphatic carbocycles. The third-order valence-corrected chi connectivity index (χ3v) is 8.54. The quantitative estimate of drug-likeness (QED) is 0.118. The number of nitrogens with one attached hydrogen (secondary N) is 1. The Balaban J connectivity index is 0.00000552.